The highest BCUT2D eigenvalue weighted by molar-refractivity contribution is 7.99. The van der Waals surface area contributed by atoms with Crippen molar-refractivity contribution in [2.75, 3.05) is 0 Å². The number of aromatic carboxylic acids is 1. The summed E-state index contributed by atoms with van der Waals surface area (Å²) in [4.78, 5) is 11.7. The number of thiophene rings is 1. The van der Waals surface area contributed by atoms with Crippen LogP contribution >= 0.6 is 23.1 Å². The molecule has 17 heavy (non-hydrogen) atoms. The van der Waals surface area contributed by atoms with Crippen molar-refractivity contribution in [1.29, 1.82) is 0 Å². The fourth-order valence-electron chi connectivity index (χ4n) is 1.66. The lowest BCUT2D eigenvalue weighted by Crippen LogP contribution is -1.98. The highest BCUT2D eigenvalue weighted by atomic mass is 32.2. The molecule has 0 aliphatic carbocycles. The van der Waals surface area contributed by atoms with Gasteiger partial charge in [-0.1, -0.05) is 32.0 Å². The van der Waals surface area contributed by atoms with E-state index in [2.05, 4.69) is 13.8 Å². The van der Waals surface area contributed by atoms with Crippen LogP contribution in [-0.2, 0) is 5.75 Å². The number of hydrogen-bond acceptors (Lipinski definition) is 3. The number of rotatable bonds is 4. The molecule has 1 N–H and O–H groups in total. The van der Waals surface area contributed by atoms with Crippen molar-refractivity contribution in [2.24, 2.45) is 0 Å². The molecule has 1 heterocycles. The van der Waals surface area contributed by atoms with Gasteiger partial charge in [-0.3, -0.25) is 0 Å². The number of carbonyl (C=O) groups is 1. The van der Waals surface area contributed by atoms with Gasteiger partial charge < -0.3 is 5.11 Å². The zero-order valence-corrected chi connectivity index (χ0v) is 11.4. The zero-order valence-electron chi connectivity index (χ0n) is 9.77. The summed E-state index contributed by atoms with van der Waals surface area (Å²) in [6, 6.07) is 7.90. The molecule has 0 bridgehead atoms. The molecule has 0 saturated carbocycles. The van der Waals surface area contributed by atoms with E-state index in [1.807, 2.05) is 24.3 Å². The smallest absolute Gasteiger partial charge is 0.346 e. The van der Waals surface area contributed by atoms with Crippen LogP contribution in [0.15, 0.2) is 24.3 Å². The Kier molecular flexibility index (Phi) is 3.74. The van der Waals surface area contributed by atoms with E-state index in [9.17, 15) is 9.90 Å². The lowest BCUT2D eigenvalue weighted by molar-refractivity contribution is 0.0701. The number of carboxylic acids is 1. The van der Waals surface area contributed by atoms with Gasteiger partial charge in [0, 0.05) is 10.5 Å². The molecule has 1 aromatic heterocycles. The molecule has 0 spiro atoms. The Balaban J connectivity index is 2.48. The van der Waals surface area contributed by atoms with E-state index in [-0.39, 0.29) is 0 Å². The van der Waals surface area contributed by atoms with Crippen molar-refractivity contribution in [1.82, 2.24) is 0 Å². The lowest BCUT2D eigenvalue weighted by Gasteiger charge is -2.05. The number of benzene rings is 1. The van der Waals surface area contributed by atoms with Crippen LogP contribution in [-0.4, -0.2) is 16.3 Å². The average molecular weight is 266 g/mol. The van der Waals surface area contributed by atoms with Gasteiger partial charge in [0.2, 0.25) is 0 Å². The van der Waals surface area contributed by atoms with E-state index in [1.165, 1.54) is 11.3 Å². The van der Waals surface area contributed by atoms with Gasteiger partial charge in [-0.2, -0.15) is 11.8 Å². The lowest BCUT2D eigenvalue weighted by atomic mass is 10.1. The third-order valence-corrected chi connectivity index (χ3v) is 4.78. The van der Waals surface area contributed by atoms with Gasteiger partial charge in [0.15, 0.2) is 0 Å². The molecule has 0 radical (unpaired) electrons. The Labute approximate surface area is 109 Å². The molecular weight excluding hydrogens is 252 g/mol. The fraction of sp³-hybridized carbons (Fsp3) is 0.308. The van der Waals surface area contributed by atoms with Crippen molar-refractivity contribution in [3.8, 4) is 0 Å². The standard InChI is InChI=1S/C13H14O2S2/c1-8(2)16-7-10-9-5-3-4-6-11(9)17-12(10)13(14)15/h3-6,8H,7H2,1-2H3,(H,14,15). The van der Waals surface area contributed by atoms with Gasteiger partial charge in [0.1, 0.15) is 4.88 Å². The predicted octanol–water partition coefficient (Wildman–Crippen LogP) is 4.24. The van der Waals surface area contributed by atoms with Gasteiger partial charge in [-0.15, -0.1) is 11.3 Å². The largest absolute Gasteiger partial charge is 0.477 e. The number of hydrogen-bond donors (Lipinski definition) is 1. The summed E-state index contributed by atoms with van der Waals surface area (Å²) in [5.74, 6) is -0.0471. The van der Waals surface area contributed by atoms with E-state index < -0.39 is 5.97 Å². The predicted molar refractivity (Wildman–Crippen MR) is 75.2 cm³/mol. The Bertz CT molecular complexity index is 543. The second kappa shape index (κ2) is 5.10. The topological polar surface area (TPSA) is 37.3 Å². The summed E-state index contributed by atoms with van der Waals surface area (Å²) in [5, 5.41) is 10.8. The second-order valence-electron chi connectivity index (χ2n) is 4.07. The SMILES string of the molecule is CC(C)SCc1c(C(=O)O)sc2ccccc12. The minimum Gasteiger partial charge on any atom is -0.477 e. The third kappa shape index (κ3) is 2.64. The molecule has 2 rings (SSSR count). The Morgan fingerprint density at radius 2 is 2.12 bits per heavy atom. The first-order valence-corrected chi connectivity index (χ1v) is 7.31. The zero-order chi connectivity index (χ0) is 12.4. The second-order valence-corrected chi connectivity index (χ2v) is 6.69. The maximum absolute atomic E-state index is 11.2. The van der Waals surface area contributed by atoms with Crippen LogP contribution in [0.1, 0.15) is 29.1 Å². The minimum absolute atomic E-state index is 0.486. The van der Waals surface area contributed by atoms with Crippen LogP contribution in [0.5, 0.6) is 0 Å². The monoisotopic (exact) mass is 266 g/mol. The molecule has 1 aromatic carbocycles. The Morgan fingerprint density at radius 3 is 2.76 bits per heavy atom. The minimum atomic E-state index is -0.814. The van der Waals surface area contributed by atoms with Crippen LogP contribution in [0.2, 0.25) is 0 Å². The number of carboxylic acid groups (broad SMARTS) is 1. The van der Waals surface area contributed by atoms with E-state index in [0.29, 0.717) is 10.1 Å². The molecule has 2 aromatic rings. The molecule has 0 aliphatic heterocycles. The van der Waals surface area contributed by atoms with Crippen LogP contribution < -0.4 is 0 Å². The van der Waals surface area contributed by atoms with Crippen molar-refractivity contribution < 1.29 is 9.90 Å². The normalized spacial score (nSPS) is 11.2. The molecule has 0 fully saturated rings. The van der Waals surface area contributed by atoms with Crippen LogP contribution in [0.4, 0.5) is 0 Å². The molecule has 0 atom stereocenters. The van der Waals surface area contributed by atoms with Crippen LogP contribution in [0.25, 0.3) is 10.1 Å². The molecule has 0 unspecified atom stereocenters. The first kappa shape index (κ1) is 12.5. The van der Waals surface area contributed by atoms with Crippen molar-refractivity contribution in [2.45, 2.75) is 24.9 Å². The summed E-state index contributed by atoms with van der Waals surface area (Å²) in [5.41, 5.74) is 0.969. The summed E-state index contributed by atoms with van der Waals surface area (Å²) in [6.45, 7) is 4.25. The van der Waals surface area contributed by atoms with Crippen LogP contribution in [0.3, 0.4) is 0 Å². The molecule has 0 saturated heterocycles. The molecule has 0 aliphatic rings. The van der Waals surface area contributed by atoms with Gasteiger partial charge in [-0.25, -0.2) is 4.79 Å². The first-order chi connectivity index (χ1) is 8.09. The summed E-state index contributed by atoms with van der Waals surface area (Å²) < 4.78 is 1.06. The maximum atomic E-state index is 11.2. The average Bonchev–Trinajstić information content (AvgIpc) is 2.65. The van der Waals surface area contributed by atoms with Gasteiger partial charge in [0.25, 0.3) is 0 Å². The molecular formula is C13H14O2S2. The van der Waals surface area contributed by atoms with E-state index in [4.69, 9.17) is 0 Å². The van der Waals surface area contributed by atoms with Crippen molar-refractivity contribution in [3.05, 3.63) is 34.7 Å². The van der Waals surface area contributed by atoms with Gasteiger partial charge >= 0.3 is 5.97 Å². The Morgan fingerprint density at radius 1 is 1.41 bits per heavy atom. The molecule has 2 nitrogen and oxygen atoms in total. The molecule has 4 heteroatoms. The molecule has 0 amide bonds. The highest BCUT2D eigenvalue weighted by Gasteiger charge is 2.17. The summed E-state index contributed by atoms with van der Waals surface area (Å²) >= 11 is 3.15. The van der Waals surface area contributed by atoms with E-state index in [0.717, 1.165) is 21.4 Å². The summed E-state index contributed by atoms with van der Waals surface area (Å²) in [6.07, 6.45) is 0. The van der Waals surface area contributed by atoms with Crippen LogP contribution in [0, 0.1) is 0 Å². The highest BCUT2D eigenvalue weighted by Crippen LogP contribution is 2.34. The molecule has 90 valence electrons. The van der Waals surface area contributed by atoms with Gasteiger partial charge in [0.05, 0.1) is 0 Å². The number of thioether (sulfide) groups is 1. The van der Waals surface area contributed by atoms with Gasteiger partial charge in [-0.05, 0) is 22.3 Å². The maximum Gasteiger partial charge on any atom is 0.346 e. The van der Waals surface area contributed by atoms with Crippen molar-refractivity contribution in [3.63, 3.8) is 0 Å². The summed E-state index contributed by atoms with van der Waals surface area (Å²) in [7, 11) is 0. The fourth-order valence-corrected chi connectivity index (χ4v) is 3.62. The first-order valence-electron chi connectivity index (χ1n) is 5.45. The number of fused-ring (bicyclic) bond motifs is 1. The quantitative estimate of drug-likeness (QED) is 0.899. The van der Waals surface area contributed by atoms with Crippen molar-refractivity contribution >= 4 is 39.2 Å². The Hall–Kier alpha value is -1.00. The third-order valence-electron chi connectivity index (χ3n) is 2.45. The van der Waals surface area contributed by atoms with E-state index >= 15 is 0 Å². The van der Waals surface area contributed by atoms with E-state index in [1.54, 1.807) is 11.8 Å².